The van der Waals surface area contributed by atoms with Crippen LogP contribution >= 0.6 is 0 Å². The van der Waals surface area contributed by atoms with Gasteiger partial charge in [0.05, 0.1) is 6.04 Å². The van der Waals surface area contributed by atoms with Gasteiger partial charge in [0.25, 0.3) is 0 Å². The van der Waals surface area contributed by atoms with Crippen molar-refractivity contribution < 1.29 is 24.3 Å². The molecule has 0 aromatic carbocycles. The molecule has 0 rings (SSSR count). The van der Waals surface area contributed by atoms with Gasteiger partial charge in [0.15, 0.2) is 5.96 Å². The second-order valence-electron chi connectivity index (χ2n) is 10.1. The smallest absolute Gasteiger partial charge is 0.326 e. The first kappa shape index (κ1) is 33.1. The summed E-state index contributed by atoms with van der Waals surface area (Å²) in [5, 5.41) is 17.5. The van der Waals surface area contributed by atoms with Gasteiger partial charge in [-0.05, 0) is 43.4 Å². The molecule has 0 aliphatic rings. The molecule has 0 aromatic rings. The van der Waals surface area contributed by atoms with Crippen LogP contribution in [0.3, 0.4) is 0 Å². The molecule has 0 aliphatic heterocycles. The molecule has 0 unspecified atom stereocenters. The summed E-state index contributed by atoms with van der Waals surface area (Å²) in [7, 11) is 0. The Labute approximate surface area is 214 Å². The number of nitrogens with zero attached hydrogens (tertiary/aromatic N) is 1. The van der Waals surface area contributed by atoms with Crippen LogP contribution in [0.1, 0.15) is 73.6 Å². The number of nitrogens with one attached hydrogen (secondary N) is 3. The average molecular weight is 514 g/mol. The van der Waals surface area contributed by atoms with Crippen molar-refractivity contribution in [2.45, 2.75) is 97.8 Å². The van der Waals surface area contributed by atoms with Gasteiger partial charge in [0.1, 0.15) is 18.1 Å². The third-order valence-corrected chi connectivity index (χ3v) is 5.76. The molecule has 0 bridgehead atoms. The summed E-state index contributed by atoms with van der Waals surface area (Å²) in [5.74, 6) is -2.91. The molecule has 12 nitrogen and oxygen atoms in total. The van der Waals surface area contributed by atoms with E-state index in [1.54, 1.807) is 0 Å². The van der Waals surface area contributed by atoms with E-state index in [4.69, 9.17) is 17.2 Å². The highest BCUT2D eigenvalue weighted by Crippen LogP contribution is 2.12. The maximum Gasteiger partial charge on any atom is 0.326 e. The number of aliphatic imine (C=N–C) groups is 1. The van der Waals surface area contributed by atoms with E-state index >= 15 is 0 Å². The Kier molecular flexibility index (Phi) is 15.4. The van der Waals surface area contributed by atoms with E-state index in [0.29, 0.717) is 32.2 Å². The molecule has 10 N–H and O–H groups in total. The first-order valence-corrected chi connectivity index (χ1v) is 12.6. The lowest BCUT2D eigenvalue weighted by Gasteiger charge is -2.28. The van der Waals surface area contributed by atoms with Crippen LogP contribution in [0.4, 0.5) is 0 Å². The van der Waals surface area contributed by atoms with E-state index in [2.05, 4.69) is 20.9 Å². The molecule has 0 fully saturated rings. The summed E-state index contributed by atoms with van der Waals surface area (Å²) in [6.07, 6.45) is 1.97. The molecule has 0 radical (unpaired) electrons. The average Bonchev–Trinajstić information content (AvgIpc) is 2.77. The topological polar surface area (TPSA) is 215 Å². The van der Waals surface area contributed by atoms with E-state index in [9.17, 15) is 24.3 Å². The van der Waals surface area contributed by atoms with Crippen molar-refractivity contribution in [1.29, 1.82) is 0 Å². The summed E-state index contributed by atoms with van der Waals surface area (Å²) >= 11 is 0. The minimum Gasteiger partial charge on any atom is -0.480 e. The predicted octanol–water partition coefficient (Wildman–Crippen LogP) is 0.0446. The summed E-state index contributed by atoms with van der Waals surface area (Å²) in [6.45, 7) is 11.5. The second-order valence-corrected chi connectivity index (χ2v) is 10.1. The quantitative estimate of drug-likeness (QED) is 0.0798. The zero-order chi connectivity index (χ0) is 28.0. The summed E-state index contributed by atoms with van der Waals surface area (Å²) in [6, 6.07) is -3.80. The van der Waals surface area contributed by atoms with E-state index in [-0.39, 0.29) is 30.1 Å². The number of rotatable bonds is 17. The van der Waals surface area contributed by atoms with Crippen LogP contribution in [-0.4, -0.2) is 65.5 Å². The highest BCUT2D eigenvalue weighted by atomic mass is 16.4. The number of carboxylic acid groups (broad SMARTS) is 1. The number of guanidine groups is 1. The van der Waals surface area contributed by atoms with Crippen molar-refractivity contribution in [3.8, 4) is 0 Å². The molecule has 0 aromatic heterocycles. The Hall–Kier alpha value is -2.89. The molecule has 36 heavy (non-hydrogen) atoms. The standard InChI is InChI=1S/C24H47N7O5/c1-7-15(6)19(31-20(32)16(25)9-8-10-28-24(26)27)22(34)29-17(11-13(2)3)21(33)30-18(23(35)36)12-14(4)5/h13-19H,7-12,25H2,1-6H3,(H,29,34)(H,30,33)(H,31,32)(H,35,36)(H4,26,27,28)/t15-,16-,17-,18-,19-/m0/s1. The number of amides is 3. The second kappa shape index (κ2) is 16.7. The first-order valence-electron chi connectivity index (χ1n) is 12.6. The van der Waals surface area contributed by atoms with E-state index in [0.717, 1.165) is 0 Å². The fourth-order valence-corrected chi connectivity index (χ4v) is 3.54. The fourth-order valence-electron chi connectivity index (χ4n) is 3.54. The van der Waals surface area contributed by atoms with E-state index in [1.807, 2.05) is 41.5 Å². The summed E-state index contributed by atoms with van der Waals surface area (Å²) in [4.78, 5) is 54.3. The number of hydrogen-bond acceptors (Lipinski definition) is 6. The molecule has 12 heteroatoms. The lowest BCUT2D eigenvalue weighted by atomic mass is 9.96. The SMILES string of the molecule is CC[C@H](C)[C@H](NC(=O)[C@@H](N)CCCN=C(N)N)C(=O)N[C@@H](CC(C)C)C(=O)N[C@@H](CC(C)C)C(=O)O. The number of carboxylic acids is 1. The van der Waals surface area contributed by atoms with Crippen LogP contribution in [0.15, 0.2) is 4.99 Å². The Morgan fingerprint density at radius 3 is 1.83 bits per heavy atom. The summed E-state index contributed by atoms with van der Waals surface area (Å²) in [5.41, 5.74) is 16.6. The summed E-state index contributed by atoms with van der Waals surface area (Å²) < 4.78 is 0. The van der Waals surface area contributed by atoms with E-state index in [1.165, 1.54) is 0 Å². The zero-order valence-corrected chi connectivity index (χ0v) is 22.5. The van der Waals surface area contributed by atoms with Crippen molar-refractivity contribution >= 4 is 29.7 Å². The van der Waals surface area contributed by atoms with Crippen molar-refractivity contribution in [2.75, 3.05) is 6.54 Å². The molecule has 0 heterocycles. The molecule has 0 spiro atoms. The van der Waals surface area contributed by atoms with Gasteiger partial charge in [-0.3, -0.25) is 19.4 Å². The normalized spacial score (nSPS) is 15.4. The van der Waals surface area contributed by atoms with E-state index < -0.39 is 47.9 Å². The Morgan fingerprint density at radius 2 is 1.36 bits per heavy atom. The number of carbonyl (C=O) groups excluding carboxylic acids is 3. The van der Waals surface area contributed by atoms with Crippen molar-refractivity contribution in [3.05, 3.63) is 0 Å². The van der Waals surface area contributed by atoms with Crippen LogP contribution < -0.4 is 33.2 Å². The van der Waals surface area contributed by atoms with Crippen molar-refractivity contribution in [2.24, 2.45) is 39.9 Å². The number of nitrogens with two attached hydrogens (primary N) is 3. The lowest BCUT2D eigenvalue weighted by molar-refractivity contribution is -0.143. The third kappa shape index (κ3) is 13.3. The van der Waals surface area contributed by atoms with Gasteiger partial charge in [-0.25, -0.2) is 4.79 Å². The maximum atomic E-state index is 13.2. The molecule has 0 saturated carbocycles. The van der Waals surface area contributed by atoms with Gasteiger partial charge >= 0.3 is 5.97 Å². The largest absolute Gasteiger partial charge is 0.480 e. The number of carbonyl (C=O) groups is 4. The fraction of sp³-hybridized carbons (Fsp3) is 0.792. The molecular weight excluding hydrogens is 466 g/mol. The van der Waals surface area contributed by atoms with Gasteiger partial charge < -0.3 is 38.3 Å². The Balaban J connectivity index is 5.45. The van der Waals surface area contributed by atoms with Crippen LogP contribution in [0.25, 0.3) is 0 Å². The van der Waals surface area contributed by atoms with Gasteiger partial charge in [0.2, 0.25) is 17.7 Å². The number of hydrogen-bond donors (Lipinski definition) is 7. The molecular formula is C24H47N7O5. The highest BCUT2D eigenvalue weighted by Gasteiger charge is 2.32. The molecule has 5 atom stereocenters. The third-order valence-electron chi connectivity index (χ3n) is 5.76. The van der Waals surface area contributed by atoms with Crippen molar-refractivity contribution in [3.63, 3.8) is 0 Å². The zero-order valence-electron chi connectivity index (χ0n) is 22.5. The van der Waals surface area contributed by atoms with Crippen LogP contribution in [0, 0.1) is 17.8 Å². The van der Waals surface area contributed by atoms with Gasteiger partial charge in [-0.15, -0.1) is 0 Å². The predicted molar refractivity (Wildman–Crippen MR) is 140 cm³/mol. The van der Waals surface area contributed by atoms with Crippen LogP contribution in [-0.2, 0) is 19.2 Å². The number of aliphatic carboxylic acids is 1. The lowest BCUT2D eigenvalue weighted by Crippen LogP contribution is -2.58. The monoisotopic (exact) mass is 513 g/mol. The molecule has 0 aliphatic carbocycles. The Bertz CT molecular complexity index is 753. The molecule has 3 amide bonds. The van der Waals surface area contributed by atoms with Crippen LogP contribution in [0.2, 0.25) is 0 Å². The highest BCUT2D eigenvalue weighted by molar-refractivity contribution is 5.94. The van der Waals surface area contributed by atoms with Gasteiger partial charge in [-0.1, -0.05) is 48.0 Å². The van der Waals surface area contributed by atoms with Gasteiger partial charge in [-0.2, -0.15) is 0 Å². The maximum absolute atomic E-state index is 13.2. The molecule has 208 valence electrons. The minimum absolute atomic E-state index is 0.0413. The molecule has 0 saturated heterocycles. The first-order chi connectivity index (χ1) is 16.7. The van der Waals surface area contributed by atoms with Gasteiger partial charge in [0, 0.05) is 6.54 Å². The minimum atomic E-state index is -1.13. The van der Waals surface area contributed by atoms with Crippen molar-refractivity contribution in [1.82, 2.24) is 16.0 Å². The van der Waals surface area contributed by atoms with Crippen LogP contribution in [0.5, 0.6) is 0 Å². The Morgan fingerprint density at radius 1 is 0.833 bits per heavy atom.